The molecule has 11 heteroatoms. The number of rotatable bonds is 8. The maximum atomic E-state index is 13.2. The van der Waals surface area contributed by atoms with E-state index in [1.54, 1.807) is 12.1 Å². The lowest BCUT2D eigenvalue weighted by atomic mass is 9.79. The Hall–Kier alpha value is -3.08. The molecule has 2 N–H and O–H groups in total. The Kier molecular flexibility index (Phi) is 7.78. The van der Waals surface area contributed by atoms with E-state index in [2.05, 4.69) is 10.6 Å². The molecule has 1 unspecified atom stereocenters. The Bertz CT molecular complexity index is 1040. The van der Waals surface area contributed by atoms with E-state index < -0.39 is 47.4 Å². The zero-order valence-electron chi connectivity index (χ0n) is 18.7. The molecule has 0 saturated carbocycles. The minimum absolute atomic E-state index is 0.0169. The van der Waals surface area contributed by atoms with Gasteiger partial charge in [0.1, 0.15) is 11.7 Å². The van der Waals surface area contributed by atoms with Crippen LogP contribution in [0.15, 0.2) is 48.5 Å². The van der Waals surface area contributed by atoms with Crippen LogP contribution in [0.25, 0.3) is 0 Å². The molecule has 2 atom stereocenters. The summed E-state index contributed by atoms with van der Waals surface area (Å²) in [5.74, 6) is -3.85. The number of Topliss-reactive ketones (excluding diaryl/α,β-unsaturated/α-hetero) is 1. The highest BCUT2D eigenvalue weighted by molar-refractivity contribution is 5.91. The molecule has 1 fully saturated rings. The fourth-order valence-electron chi connectivity index (χ4n) is 3.75. The third kappa shape index (κ3) is 6.53. The summed E-state index contributed by atoms with van der Waals surface area (Å²) < 4.78 is 83.4. The molecule has 2 aromatic rings. The Labute approximate surface area is 197 Å². The number of hydrogen-bond donors (Lipinski definition) is 2. The second-order valence-corrected chi connectivity index (χ2v) is 8.54. The number of hydrogen-bond acceptors (Lipinski definition) is 4. The summed E-state index contributed by atoms with van der Waals surface area (Å²) in [5.41, 5.74) is -1.29. The molecular weight excluding hydrogens is 478 g/mol. The third-order valence-electron chi connectivity index (χ3n) is 5.99. The number of carbonyl (C=O) groups is 2. The Morgan fingerprint density at radius 1 is 1.03 bits per heavy atom. The average Bonchev–Trinajstić information content (AvgIpc) is 3.26. The van der Waals surface area contributed by atoms with Crippen molar-refractivity contribution >= 4 is 23.1 Å². The van der Waals surface area contributed by atoms with Gasteiger partial charge in [-0.2, -0.15) is 26.3 Å². The van der Waals surface area contributed by atoms with E-state index in [0.29, 0.717) is 11.3 Å². The normalized spacial score (nSPS) is 19.3. The van der Waals surface area contributed by atoms with Crippen LogP contribution < -0.4 is 10.6 Å². The number of ketones is 1. The van der Waals surface area contributed by atoms with Crippen LogP contribution in [0.4, 0.5) is 37.7 Å². The molecule has 0 aromatic heterocycles. The molecule has 0 radical (unpaired) electrons. The highest BCUT2D eigenvalue weighted by Gasteiger charge is 2.48. The summed E-state index contributed by atoms with van der Waals surface area (Å²) in [5, 5.41) is 5.35. The van der Waals surface area contributed by atoms with E-state index in [1.165, 1.54) is 30.3 Å². The van der Waals surface area contributed by atoms with Gasteiger partial charge in [0, 0.05) is 25.3 Å². The Morgan fingerprint density at radius 2 is 1.69 bits per heavy atom. The smallest absolute Gasteiger partial charge is 0.380 e. The molecule has 0 spiro atoms. The van der Waals surface area contributed by atoms with Crippen molar-refractivity contribution in [3.63, 3.8) is 0 Å². The van der Waals surface area contributed by atoms with Gasteiger partial charge in [0.25, 0.3) is 0 Å². The van der Waals surface area contributed by atoms with Crippen LogP contribution in [0.5, 0.6) is 0 Å². The monoisotopic (exact) mass is 502 g/mol. The van der Waals surface area contributed by atoms with Crippen molar-refractivity contribution in [3.05, 3.63) is 59.7 Å². The first-order chi connectivity index (χ1) is 16.3. The average molecular weight is 502 g/mol. The molecule has 0 aliphatic carbocycles. The lowest BCUT2D eigenvalue weighted by Gasteiger charge is -2.27. The van der Waals surface area contributed by atoms with Gasteiger partial charge in [-0.1, -0.05) is 24.3 Å². The number of para-hydroxylation sites is 1. The molecule has 5 nitrogen and oxygen atoms in total. The fourth-order valence-corrected chi connectivity index (χ4v) is 3.75. The molecule has 0 bridgehead atoms. The van der Waals surface area contributed by atoms with Crippen molar-refractivity contribution in [2.75, 3.05) is 18.5 Å². The second kappa shape index (κ2) is 10.3. The van der Waals surface area contributed by atoms with Crippen molar-refractivity contribution < 1.29 is 40.7 Å². The standard InChI is InChI=1S/C24H24F6N2O3/c1-15(23(25,26)27)20(33)12-22(10-11-35-14-22)21(34)31-13-16-6-8-17(9-7-16)32-19-5-3-2-4-18(19)24(28,29)30/h2-9,15,32H,10-14H2,1H3,(H,31,34)/t15?,22-/m0/s1. The number of amides is 1. The molecule has 3 rings (SSSR count). The van der Waals surface area contributed by atoms with Gasteiger partial charge >= 0.3 is 12.4 Å². The van der Waals surface area contributed by atoms with Gasteiger partial charge in [-0.3, -0.25) is 9.59 Å². The SMILES string of the molecule is CC(C(=O)C[C@@]1(C(=O)NCc2ccc(Nc3ccccc3C(F)(F)F)cc2)CCOC1)C(F)(F)F. The number of ether oxygens (including phenoxy) is 1. The van der Waals surface area contributed by atoms with E-state index in [-0.39, 0.29) is 31.9 Å². The molecule has 1 amide bonds. The van der Waals surface area contributed by atoms with Gasteiger partial charge in [-0.05, 0) is 43.2 Å². The minimum atomic E-state index is -4.69. The molecule has 1 aliphatic rings. The van der Waals surface area contributed by atoms with E-state index in [0.717, 1.165) is 13.0 Å². The number of nitrogens with one attached hydrogen (secondary N) is 2. The number of carbonyl (C=O) groups excluding carboxylic acids is 2. The molecular formula is C24H24F6N2O3. The summed E-state index contributed by atoms with van der Waals surface area (Å²) in [6.07, 6.45) is -9.67. The molecule has 1 saturated heterocycles. The van der Waals surface area contributed by atoms with E-state index >= 15 is 0 Å². The maximum absolute atomic E-state index is 13.2. The van der Waals surface area contributed by atoms with Gasteiger partial charge in [-0.25, -0.2) is 0 Å². The first kappa shape index (κ1) is 26.5. The van der Waals surface area contributed by atoms with Crippen molar-refractivity contribution in [1.82, 2.24) is 5.32 Å². The van der Waals surface area contributed by atoms with Crippen molar-refractivity contribution in [2.24, 2.45) is 11.3 Å². The first-order valence-electron chi connectivity index (χ1n) is 10.8. The van der Waals surface area contributed by atoms with Crippen LogP contribution in [-0.4, -0.2) is 31.1 Å². The van der Waals surface area contributed by atoms with Crippen molar-refractivity contribution in [1.29, 1.82) is 0 Å². The van der Waals surface area contributed by atoms with Gasteiger partial charge in [0.2, 0.25) is 5.91 Å². The van der Waals surface area contributed by atoms with Crippen LogP contribution in [0.2, 0.25) is 0 Å². The van der Waals surface area contributed by atoms with Crippen molar-refractivity contribution in [2.45, 2.75) is 38.7 Å². The number of benzene rings is 2. The lowest BCUT2D eigenvalue weighted by molar-refractivity contribution is -0.179. The van der Waals surface area contributed by atoms with Crippen LogP contribution in [-0.2, 0) is 27.0 Å². The summed E-state index contributed by atoms with van der Waals surface area (Å²) in [6, 6.07) is 11.3. The summed E-state index contributed by atoms with van der Waals surface area (Å²) in [7, 11) is 0. The number of alkyl halides is 6. The second-order valence-electron chi connectivity index (χ2n) is 8.54. The molecule has 1 heterocycles. The topological polar surface area (TPSA) is 67.4 Å². The van der Waals surface area contributed by atoms with Crippen LogP contribution >= 0.6 is 0 Å². The van der Waals surface area contributed by atoms with E-state index in [1.807, 2.05) is 0 Å². The largest absolute Gasteiger partial charge is 0.418 e. The lowest BCUT2D eigenvalue weighted by Crippen LogP contribution is -2.44. The highest BCUT2D eigenvalue weighted by atomic mass is 19.4. The van der Waals surface area contributed by atoms with Gasteiger partial charge in [-0.15, -0.1) is 0 Å². The number of halogens is 6. The maximum Gasteiger partial charge on any atom is 0.418 e. The van der Waals surface area contributed by atoms with Crippen LogP contribution in [0.3, 0.4) is 0 Å². The minimum Gasteiger partial charge on any atom is -0.380 e. The first-order valence-corrected chi connectivity index (χ1v) is 10.8. The fraction of sp³-hybridized carbons (Fsp3) is 0.417. The molecule has 35 heavy (non-hydrogen) atoms. The molecule has 1 aliphatic heterocycles. The predicted molar refractivity (Wildman–Crippen MR) is 116 cm³/mol. The van der Waals surface area contributed by atoms with Gasteiger partial charge < -0.3 is 15.4 Å². The Balaban J connectivity index is 1.63. The quantitative estimate of drug-likeness (QED) is 0.460. The Morgan fingerprint density at radius 3 is 2.26 bits per heavy atom. The zero-order chi connectivity index (χ0) is 25.9. The summed E-state index contributed by atoms with van der Waals surface area (Å²) >= 11 is 0. The molecule has 2 aromatic carbocycles. The van der Waals surface area contributed by atoms with E-state index in [9.17, 15) is 35.9 Å². The number of anilines is 2. The van der Waals surface area contributed by atoms with Gasteiger partial charge in [0.15, 0.2) is 0 Å². The summed E-state index contributed by atoms with van der Waals surface area (Å²) in [4.78, 5) is 25.0. The van der Waals surface area contributed by atoms with Gasteiger partial charge in [0.05, 0.1) is 23.3 Å². The summed E-state index contributed by atoms with van der Waals surface area (Å²) in [6.45, 7) is 0.785. The molecule has 190 valence electrons. The van der Waals surface area contributed by atoms with Crippen LogP contribution in [0, 0.1) is 11.3 Å². The van der Waals surface area contributed by atoms with Crippen molar-refractivity contribution in [3.8, 4) is 0 Å². The van der Waals surface area contributed by atoms with Crippen LogP contribution in [0.1, 0.15) is 30.9 Å². The zero-order valence-corrected chi connectivity index (χ0v) is 18.7. The highest BCUT2D eigenvalue weighted by Crippen LogP contribution is 2.38. The third-order valence-corrected chi connectivity index (χ3v) is 5.99. The van der Waals surface area contributed by atoms with E-state index in [4.69, 9.17) is 4.74 Å². The predicted octanol–water partition coefficient (Wildman–Crippen LogP) is 5.63.